The number of rotatable bonds is 1. The van der Waals surface area contributed by atoms with Gasteiger partial charge in [-0.1, -0.05) is 26.8 Å². The molecule has 0 unspecified atom stereocenters. The van der Waals surface area contributed by atoms with Crippen molar-refractivity contribution in [3.05, 3.63) is 41.7 Å². The van der Waals surface area contributed by atoms with Gasteiger partial charge in [-0.05, 0) is 29.5 Å². The maximum atomic E-state index is 10.1. The molecule has 0 bridgehead atoms. The summed E-state index contributed by atoms with van der Waals surface area (Å²) >= 11 is 0. The lowest BCUT2D eigenvalue weighted by Gasteiger charge is -2.20. The summed E-state index contributed by atoms with van der Waals surface area (Å²) in [6.07, 6.45) is 3.74. The average Bonchev–Trinajstić information content (AvgIpc) is 2.62. The Labute approximate surface area is 102 Å². The summed E-state index contributed by atoms with van der Waals surface area (Å²) in [5.41, 5.74) is 2.88. The number of phenolic OH excluding ortho intramolecular Hbond substituents is 1. The van der Waals surface area contributed by atoms with Gasteiger partial charge in [-0.25, -0.2) is 4.68 Å². The predicted octanol–water partition coefficient (Wildman–Crippen LogP) is 3.18. The van der Waals surface area contributed by atoms with E-state index in [0.29, 0.717) is 5.75 Å². The van der Waals surface area contributed by atoms with Crippen molar-refractivity contribution in [2.45, 2.75) is 33.1 Å². The average molecular weight is 230 g/mol. The van der Waals surface area contributed by atoms with Crippen LogP contribution >= 0.6 is 0 Å². The van der Waals surface area contributed by atoms with E-state index in [2.05, 4.69) is 25.9 Å². The van der Waals surface area contributed by atoms with E-state index in [1.165, 1.54) is 0 Å². The van der Waals surface area contributed by atoms with Crippen molar-refractivity contribution in [1.29, 1.82) is 0 Å². The molecule has 0 saturated carbocycles. The van der Waals surface area contributed by atoms with Crippen molar-refractivity contribution in [2.24, 2.45) is 0 Å². The number of aryl methyl sites for hydroxylation is 1. The van der Waals surface area contributed by atoms with Gasteiger partial charge in [0.2, 0.25) is 0 Å². The van der Waals surface area contributed by atoms with E-state index in [1.54, 1.807) is 16.9 Å². The molecule has 2 rings (SSSR count). The number of phenols is 1. The van der Waals surface area contributed by atoms with E-state index in [0.717, 1.165) is 16.8 Å². The highest BCUT2D eigenvalue weighted by atomic mass is 16.3. The first-order valence-corrected chi connectivity index (χ1v) is 5.73. The summed E-state index contributed by atoms with van der Waals surface area (Å²) < 4.78 is 1.77. The summed E-state index contributed by atoms with van der Waals surface area (Å²) in [4.78, 5) is 0. The van der Waals surface area contributed by atoms with Gasteiger partial charge in [0.15, 0.2) is 0 Å². The predicted molar refractivity (Wildman–Crippen MR) is 68.7 cm³/mol. The lowest BCUT2D eigenvalue weighted by atomic mass is 9.86. The Morgan fingerprint density at radius 1 is 1.24 bits per heavy atom. The maximum absolute atomic E-state index is 10.1. The SMILES string of the molecule is Cc1cnn(-c2ccc(C(C)(C)C)c(O)c2)c1. The number of hydrogen-bond donors (Lipinski definition) is 1. The summed E-state index contributed by atoms with van der Waals surface area (Å²) in [5, 5.41) is 14.3. The molecule has 90 valence electrons. The number of aromatic hydroxyl groups is 1. The van der Waals surface area contributed by atoms with Gasteiger partial charge >= 0.3 is 0 Å². The van der Waals surface area contributed by atoms with E-state index in [1.807, 2.05) is 25.3 Å². The Bertz CT molecular complexity index is 535. The van der Waals surface area contributed by atoms with Crippen molar-refractivity contribution in [1.82, 2.24) is 9.78 Å². The second-order valence-electron chi connectivity index (χ2n) is 5.41. The largest absolute Gasteiger partial charge is 0.508 e. The van der Waals surface area contributed by atoms with Gasteiger partial charge in [0.05, 0.1) is 11.9 Å². The van der Waals surface area contributed by atoms with Crippen LogP contribution in [0.15, 0.2) is 30.6 Å². The minimum Gasteiger partial charge on any atom is -0.508 e. The highest BCUT2D eigenvalue weighted by Crippen LogP contribution is 2.31. The molecule has 1 aromatic heterocycles. The Morgan fingerprint density at radius 3 is 2.41 bits per heavy atom. The van der Waals surface area contributed by atoms with Crippen LogP contribution in [-0.4, -0.2) is 14.9 Å². The minimum absolute atomic E-state index is 0.0529. The molecule has 3 nitrogen and oxygen atoms in total. The molecule has 17 heavy (non-hydrogen) atoms. The molecule has 0 aliphatic rings. The summed E-state index contributed by atoms with van der Waals surface area (Å²) in [5.74, 6) is 0.322. The molecule has 0 atom stereocenters. The smallest absolute Gasteiger partial charge is 0.121 e. The molecule has 0 radical (unpaired) electrons. The molecule has 0 saturated heterocycles. The molecule has 0 amide bonds. The zero-order chi connectivity index (χ0) is 12.6. The molecule has 0 aliphatic heterocycles. The zero-order valence-electron chi connectivity index (χ0n) is 10.7. The van der Waals surface area contributed by atoms with Crippen LogP contribution in [-0.2, 0) is 5.41 Å². The zero-order valence-corrected chi connectivity index (χ0v) is 10.7. The highest BCUT2D eigenvalue weighted by molar-refractivity contribution is 5.46. The molecule has 0 fully saturated rings. The second kappa shape index (κ2) is 3.91. The highest BCUT2D eigenvalue weighted by Gasteiger charge is 2.18. The normalized spacial score (nSPS) is 11.8. The Kier molecular flexibility index (Phi) is 2.69. The van der Waals surface area contributed by atoms with Crippen LogP contribution in [0.1, 0.15) is 31.9 Å². The van der Waals surface area contributed by atoms with Gasteiger partial charge in [0, 0.05) is 12.3 Å². The van der Waals surface area contributed by atoms with Crippen molar-refractivity contribution in [3.63, 3.8) is 0 Å². The third-order valence-electron chi connectivity index (χ3n) is 2.77. The lowest BCUT2D eigenvalue weighted by molar-refractivity contribution is 0.446. The molecular formula is C14H18N2O. The Balaban J connectivity index is 2.44. The van der Waals surface area contributed by atoms with Crippen molar-refractivity contribution in [3.8, 4) is 11.4 Å². The topological polar surface area (TPSA) is 38.0 Å². The quantitative estimate of drug-likeness (QED) is 0.817. The fourth-order valence-corrected chi connectivity index (χ4v) is 1.85. The van der Waals surface area contributed by atoms with Gasteiger partial charge < -0.3 is 5.11 Å². The summed E-state index contributed by atoms with van der Waals surface area (Å²) in [7, 11) is 0. The molecule has 1 N–H and O–H groups in total. The molecule has 0 spiro atoms. The van der Waals surface area contributed by atoms with Crippen molar-refractivity contribution >= 4 is 0 Å². The van der Waals surface area contributed by atoms with Crippen LogP contribution in [0.3, 0.4) is 0 Å². The van der Waals surface area contributed by atoms with Gasteiger partial charge in [0.1, 0.15) is 5.75 Å². The monoisotopic (exact) mass is 230 g/mol. The summed E-state index contributed by atoms with van der Waals surface area (Å²) in [6, 6.07) is 5.70. The first-order valence-electron chi connectivity index (χ1n) is 5.73. The van der Waals surface area contributed by atoms with Crippen LogP contribution in [0.2, 0.25) is 0 Å². The molecular weight excluding hydrogens is 212 g/mol. The number of benzene rings is 1. The third kappa shape index (κ3) is 2.33. The van der Waals surface area contributed by atoms with Gasteiger partial charge in [-0.2, -0.15) is 5.10 Å². The van der Waals surface area contributed by atoms with Crippen LogP contribution in [0, 0.1) is 6.92 Å². The lowest BCUT2D eigenvalue weighted by Crippen LogP contribution is -2.11. The van der Waals surface area contributed by atoms with Crippen LogP contribution in [0.5, 0.6) is 5.75 Å². The van der Waals surface area contributed by atoms with Crippen molar-refractivity contribution in [2.75, 3.05) is 0 Å². The molecule has 3 heteroatoms. The molecule has 1 aromatic carbocycles. The van der Waals surface area contributed by atoms with Gasteiger partial charge in [-0.3, -0.25) is 0 Å². The van der Waals surface area contributed by atoms with Gasteiger partial charge in [0.25, 0.3) is 0 Å². The Hall–Kier alpha value is -1.77. The molecule has 1 heterocycles. The Morgan fingerprint density at radius 2 is 1.94 bits per heavy atom. The number of hydrogen-bond acceptors (Lipinski definition) is 2. The number of aromatic nitrogens is 2. The number of nitrogens with zero attached hydrogens (tertiary/aromatic N) is 2. The fourth-order valence-electron chi connectivity index (χ4n) is 1.85. The van der Waals surface area contributed by atoms with Crippen LogP contribution in [0.25, 0.3) is 5.69 Å². The summed E-state index contributed by atoms with van der Waals surface area (Å²) in [6.45, 7) is 8.24. The molecule has 0 aliphatic carbocycles. The minimum atomic E-state index is -0.0529. The first kappa shape index (κ1) is 11.7. The van der Waals surface area contributed by atoms with Gasteiger partial charge in [-0.15, -0.1) is 0 Å². The van der Waals surface area contributed by atoms with E-state index in [9.17, 15) is 5.11 Å². The first-order chi connectivity index (χ1) is 7.88. The van der Waals surface area contributed by atoms with E-state index >= 15 is 0 Å². The van der Waals surface area contributed by atoms with Crippen LogP contribution < -0.4 is 0 Å². The standard InChI is InChI=1S/C14H18N2O/c1-10-8-15-16(9-10)11-5-6-12(13(17)7-11)14(2,3)4/h5-9,17H,1-4H3. The van der Waals surface area contributed by atoms with E-state index in [4.69, 9.17) is 0 Å². The van der Waals surface area contributed by atoms with Crippen molar-refractivity contribution < 1.29 is 5.11 Å². The maximum Gasteiger partial charge on any atom is 0.121 e. The fraction of sp³-hybridized carbons (Fsp3) is 0.357. The van der Waals surface area contributed by atoms with Crippen LogP contribution in [0.4, 0.5) is 0 Å². The third-order valence-corrected chi connectivity index (χ3v) is 2.77. The molecule has 2 aromatic rings. The van der Waals surface area contributed by atoms with E-state index in [-0.39, 0.29) is 5.41 Å². The second-order valence-corrected chi connectivity index (χ2v) is 5.41. The van der Waals surface area contributed by atoms with E-state index < -0.39 is 0 Å².